The standard InChI is InChI=1S/C15H24O.CH4/c1-10-8-9-11(16)13(15(5,6)7)12(10)14(2,3)4;/h8-9,16H,1-7H3;1H4. The molecule has 0 saturated carbocycles. The van der Waals surface area contributed by atoms with Gasteiger partial charge in [-0.2, -0.15) is 0 Å². The third kappa shape index (κ3) is 3.24. The van der Waals surface area contributed by atoms with Gasteiger partial charge in [-0.25, -0.2) is 0 Å². The Labute approximate surface area is 107 Å². The average molecular weight is 236 g/mol. The fraction of sp³-hybridized carbons (Fsp3) is 0.625. The minimum Gasteiger partial charge on any atom is -0.508 e. The van der Waals surface area contributed by atoms with Crippen molar-refractivity contribution in [3.05, 3.63) is 28.8 Å². The van der Waals surface area contributed by atoms with Gasteiger partial charge in [0.25, 0.3) is 0 Å². The van der Waals surface area contributed by atoms with Crippen LogP contribution in [0.5, 0.6) is 5.75 Å². The molecule has 1 nitrogen and oxygen atoms in total. The third-order valence-electron chi connectivity index (χ3n) is 2.89. The molecule has 0 bridgehead atoms. The molecule has 1 N–H and O–H groups in total. The van der Waals surface area contributed by atoms with Crippen LogP contribution in [0.25, 0.3) is 0 Å². The van der Waals surface area contributed by atoms with Crippen LogP contribution in [0.2, 0.25) is 0 Å². The molecule has 1 aromatic rings. The van der Waals surface area contributed by atoms with Gasteiger partial charge in [-0.05, 0) is 34.9 Å². The SMILES string of the molecule is C.Cc1ccc(O)c(C(C)(C)C)c1C(C)(C)C. The van der Waals surface area contributed by atoms with Gasteiger partial charge < -0.3 is 5.11 Å². The number of aryl methyl sites for hydroxylation is 1. The fourth-order valence-electron chi connectivity index (χ4n) is 2.42. The summed E-state index contributed by atoms with van der Waals surface area (Å²) in [5.41, 5.74) is 3.65. The van der Waals surface area contributed by atoms with Crippen molar-refractivity contribution in [3.63, 3.8) is 0 Å². The maximum absolute atomic E-state index is 10.1. The summed E-state index contributed by atoms with van der Waals surface area (Å²) in [7, 11) is 0. The van der Waals surface area contributed by atoms with E-state index in [0.717, 1.165) is 5.56 Å². The van der Waals surface area contributed by atoms with Gasteiger partial charge >= 0.3 is 0 Å². The summed E-state index contributed by atoms with van der Waals surface area (Å²) in [6, 6.07) is 3.82. The van der Waals surface area contributed by atoms with Crippen molar-refractivity contribution in [1.29, 1.82) is 0 Å². The first-order chi connectivity index (χ1) is 7.05. The molecule has 0 aliphatic heterocycles. The van der Waals surface area contributed by atoms with E-state index in [0.29, 0.717) is 5.75 Å². The van der Waals surface area contributed by atoms with Gasteiger partial charge in [-0.15, -0.1) is 0 Å². The zero-order valence-electron chi connectivity index (χ0n) is 11.6. The van der Waals surface area contributed by atoms with E-state index in [2.05, 4.69) is 48.5 Å². The summed E-state index contributed by atoms with van der Waals surface area (Å²) in [5.74, 6) is 0.419. The van der Waals surface area contributed by atoms with E-state index in [1.807, 2.05) is 12.1 Å². The van der Waals surface area contributed by atoms with Gasteiger partial charge in [0.2, 0.25) is 0 Å². The molecule has 0 atom stereocenters. The Morgan fingerprint density at radius 2 is 1.24 bits per heavy atom. The van der Waals surface area contributed by atoms with Crippen molar-refractivity contribution in [2.45, 2.75) is 66.7 Å². The Kier molecular flexibility index (Phi) is 4.44. The van der Waals surface area contributed by atoms with E-state index in [9.17, 15) is 5.11 Å². The Hall–Kier alpha value is -0.980. The molecule has 1 heteroatoms. The quantitative estimate of drug-likeness (QED) is 0.677. The van der Waals surface area contributed by atoms with E-state index in [1.165, 1.54) is 11.1 Å². The summed E-state index contributed by atoms with van der Waals surface area (Å²) in [6.07, 6.45) is 0. The average Bonchev–Trinajstić information content (AvgIpc) is 2.04. The van der Waals surface area contributed by atoms with Gasteiger partial charge in [-0.3, -0.25) is 0 Å². The van der Waals surface area contributed by atoms with Crippen LogP contribution in [0.15, 0.2) is 12.1 Å². The van der Waals surface area contributed by atoms with Crippen molar-refractivity contribution in [2.24, 2.45) is 0 Å². The number of rotatable bonds is 0. The molecule has 0 radical (unpaired) electrons. The third-order valence-corrected chi connectivity index (χ3v) is 2.89. The van der Waals surface area contributed by atoms with E-state index < -0.39 is 0 Å². The monoisotopic (exact) mass is 236 g/mol. The highest BCUT2D eigenvalue weighted by molar-refractivity contribution is 5.50. The predicted molar refractivity (Wildman–Crippen MR) is 77.0 cm³/mol. The highest BCUT2D eigenvalue weighted by atomic mass is 16.3. The number of hydrogen-bond acceptors (Lipinski definition) is 1. The number of phenolic OH excluding ortho intramolecular Hbond substituents is 1. The second-order valence-corrected chi connectivity index (χ2v) is 6.65. The molecule has 0 fully saturated rings. The van der Waals surface area contributed by atoms with Crippen LogP contribution in [0.3, 0.4) is 0 Å². The molecule has 0 aliphatic rings. The summed E-state index contributed by atoms with van der Waals surface area (Å²) < 4.78 is 0. The van der Waals surface area contributed by atoms with Crippen LogP contribution in [0, 0.1) is 6.92 Å². The Bertz CT molecular complexity index is 350. The molecule has 17 heavy (non-hydrogen) atoms. The molecule has 0 heterocycles. The molecule has 98 valence electrons. The number of aromatic hydroxyl groups is 1. The van der Waals surface area contributed by atoms with Crippen LogP contribution in [0.1, 0.15) is 65.7 Å². The summed E-state index contributed by atoms with van der Waals surface area (Å²) in [4.78, 5) is 0. The summed E-state index contributed by atoms with van der Waals surface area (Å²) in [6.45, 7) is 15.2. The van der Waals surface area contributed by atoms with Crippen molar-refractivity contribution >= 4 is 0 Å². The van der Waals surface area contributed by atoms with E-state index in [1.54, 1.807) is 0 Å². The second kappa shape index (κ2) is 4.72. The topological polar surface area (TPSA) is 20.2 Å². The van der Waals surface area contributed by atoms with Gasteiger partial charge in [0, 0.05) is 5.56 Å². The molecular formula is C16H28O. The van der Waals surface area contributed by atoms with E-state index in [-0.39, 0.29) is 18.3 Å². The Morgan fingerprint density at radius 3 is 1.53 bits per heavy atom. The number of benzene rings is 1. The minimum atomic E-state index is -0.0291. The van der Waals surface area contributed by atoms with Crippen molar-refractivity contribution in [2.75, 3.05) is 0 Å². The van der Waals surface area contributed by atoms with Gasteiger partial charge in [0.05, 0.1) is 0 Å². The maximum atomic E-state index is 10.1. The molecule has 1 rings (SSSR count). The van der Waals surface area contributed by atoms with Gasteiger partial charge in [0.1, 0.15) is 5.75 Å². The molecule has 1 aromatic carbocycles. The van der Waals surface area contributed by atoms with Crippen LogP contribution in [-0.2, 0) is 10.8 Å². The smallest absolute Gasteiger partial charge is 0.119 e. The zero-order chi connectivity index (χ0) is 12.7. The summed E-state index contributed by atoms with van der Waals surface area (Å²) >= 11 is 0. The molecule has 0 saturated heterocycles. The lowest BCUT2D eigenvalue weighted by molar-refractivity contribution is 0.434. The summed E-state index contributed by atoms with van der Waals surface area (Å²) in [5, 5.41) is 10.1. The van der Waals surface area contributed by atoms with Crippen molar-refractivity contribution in [1.82, 2.24) is 0 Å². The first-order valence-electron chi connectivity index (χ1n) is 5.88. The van der Waals surface area contributed by atoms with E-state index in [4.69, 9.17) is 0 Å². The largest absolute Gasteiger partial charge is 0.508 e. The lowest BCUT2D eigenvalue weighted by Gasteiger charge is -2.32. The van der Waals surface area contributed by atoms with E-state index >= 15 is 0 Å². The first-order valence-corrected chi connectivity index (χ1v) is 5.88. The lowest BCUT2D eigenvalue weighted by atomic mass is 9.73. The van der Waals surface area contributed by atoms with Crippen molar-refractivity contribution in [3.8, 4) is 5.75 Å². The van der Waals surface area contributed by atoms with Crippen LogP contribution in [-0.4, -0.2) is 5.11 Å². The molecule has 0 spiro atoms. The fourth-order valence-corrected chi connectivity index (χ4v) is 2.42. The normalized spacial score (nSPS) is 12.2. The minimum absolute atomic E-state index is 0. The second-order valence-electron chi connectivity index (χ2n) is 6.65. The zero-order valence-corrected chi connectivity index (χ0v) is 11.6. The number of phenols is 1. The number of hydrogen-bond donors (Lipinski definition) is 1. The molecule has 0 unspecified atom stereocenters. The Balaban J connectivity index is 0.00000256. The highest BCUT2D eigenvalue weighted by Crippen LogP contribution is 2.40. The lowest BCUT2D eigenvalue weighted by Crippen LogP contribution is -2.23. The molecule has 0 aromatic heterocycles. The first kappa shape index (κ1) is 16.0. The Morgan fingerprint density at radius 1 is 0.824 bits per heavy atom. The highest BCUT2D eigenvalue weighted by Gasteiger charge is 2.29. The predicted octanol–water partition coefficient (Wildman–Crippen LogP) is 4.93. The van der Waals surface area contributed by atoms with Crippen molar-refractivity contribution < 1.29 is 5.11 Å². The van der Waals surface area contributed by atoms with Crippen LogP contribution >= 0.6 is 0 Å². The van der Waals surface area contributed by atoms with Crippen LogP contribution in [0.4, 0.5) is 0 Å². The molecular weight excluding hydrogens is 208 g/mol. The van der Waals surface area contributed by atoms with Gasteiger partial charge in [-0.1, -0.05) is 55.0 Å². The maximum Gasteiger partial charge on any atom is 0.119 e. The van der Waals surface area contributed by atoms with Crippen LogP contribution < -0.4 is 0 Å². The molecule has 0 amide bonds. The molecule has 0 aliphatic carbocycles. The van der Waals surface area contributed by atoms with Gasteiger partial charge in [0.15, 0.2) is 0 Å².